The van der Waals surface area contributed by atoms with Crippen molar-refractivity contribution in [2.45, 2.75) is 13.8 Å². The quantitative estimate of drug-likeness (QED) is 0.384. The number of esters is 1. The van der Waals surface area contributed by atoms with E-state index in [1.54, 1.807) is 6.92 Å². The molecule has 5 nitrogen and oxygen atoms in total. The number of ether oxygens (including phenoxy) is 1. The van der Waals surface area contributed by atoms with E-state index in [9.17, 15) is 9.59 Å². The van der Waals surface area contributed by atoms with Crippen LogP contribution >= 0.6 is 0 Å². The molecule has 0 aromatic rings. The molecule has 0 spiro atoms. The molecule has 0 aliphatic heterocycles. The van der Waals surface area contributed by atoms with Crippen molar-refractivity contribution < 1.29 is 14.3 Å². The van der Waals surface area contributed by atoms with Gasteiger partial charge in [0.25, 0.3) is 0 Å². The SMILES string of the molecule is CCOC(=O)C(C=NCC(C)=O)=CN. The van der Waals surface area contributed by atoms with Crippen LogP contribution in [0.25, 0.3) is 0 Å². The molecule has 78 valence electrons. The molecule has 0 rings (SSSR count). The molecule has 0 bridgehead atoms. The summed E-state index contributed by atoms with van der Waals surface area (Å²) in [5.74, 6) is -0.621. The van der Waals surface area contributed by atoms with Crippen molar-refractivity contribution in [1.82, 2.24) is 0 Å². The van der Waals surface area contributed by atoms with E-state index in [1.165, 1.54) is 13.1 Å². The Morgan fingerprint density at radius 1 is 1.50 bits per heavy atom. The first-order valence-electron chi connectivity index (χ1n) is 4.20. The highest BCUT2D eigenvalue weighted by Gasteiger charge is 2.06. The molecule has 5 heteroatoms. The van der Waals surface area contributed by atoms with Crippen LogP contribution in [0.4, 0.5) is 0 Å². The number of carbonyl (C=O) groups excluding carboxylic acids is 2. The molecule has 14 heavy (non-hydrogen) atoms. The first kappa shape index (κ1) is 12.3. The molecule has 0 aliphatic rings. The zero-order valence-corrected chi connectivity index (χ0v) is 8.32. The maximum atomic E-state index is 11.1. The van der Waals surface area contributed by atoms with Gasteiger partial charge in [-0.15, -0.1) is 0 Å². The lowest BCUT2D eigenvalue weighted by Crippen LogP contribution is -2.11. The number of Topliss-reactive ketones (excluding diaryl/α,β-unsaturated/α-hetero) is 1. The molecule has 0 unspecified atom stereocenters. The number of hydrogen-bond donors (Lipinski definition) is 1. The lowest BCUT2D eigenvalue weighted by Gasteiger charge is -1.99. The van der Waals surface area contributed by atoms with Gasteiger partial charge in [0.05, 0.1) is 18.7 Å². The van der Waals surface area contributed by atoms with E-state index >= 15 is 0 Å². The minimum atomic E-state index is -0.540. The minimum absolute atomic E-state index is 0.0384. The summed E-state index contributed by atoms with van der Waals surface area (Å²) in [6.07, 6.45) is 2.33. The van der Waals surface area contributed by atoms with Gasteiger partial charge in [0.2, 0.25) is 0 Å². The summed E-state index contributed by atoms with van der Waals surface area (Å²) in [7, 11) is 0. The zero-order chi connectivity index (χ0) is 11.0. The van der Waals surface area contributed by atoms with Crippen molar-refractivity contribution in [2.24, 2.45) is 10.7 Å². The molecular weight excluding hydrogens is 184 g/mol. The van der Waals surface area contributed by atoms with Crippen LogP contribution in [-0.2, 0) is 14.3 Å². The third-order valence-corrected chi connectivity index (χ3v) is 1.24. The summed E-state index contributed by atoms with van der Waals surface area (Å²) in [5.41, 5.74) is 5.33. The number of ketones is 1. The van der Waals surface area contributed by atoms with Gasteiger partial charge in [-0.3, -0.25) is 9.79 Å². The predicted molar refractivity (Wildman–Crippen MR) is 52.9 cm³/mol. The summed E-state index contributed by atoms with van der Waals surface area (Å²) in [6, 6.07) is 0. The molecule has 0 aliphatic carbocycles. The maximum absolute atomic E-state index is 11.1. The van der Waals surface area contributed by atoms with E-state index in [0.29, 0.717) is 0 Å². The first-order valence-corrected chi connectivity index (χ1v) is 4.20. The van der Waals surface area contributed by atoms with Crippen molar-refractivity contribution >= 4 is 18.0 Å². The molecule has 0 radical (unpaired) electrons. The van der Waals surface area contributed by atoms with E-state index < -0.39 is 5.97 Å². The largest absolute Gasteiger partial charge is 0.462 e. The van der Waals surface area contributed by atoms with Gasteiger partial charge in [-0.25, -0.2) is 4.79 Å². The van der Waals surface area contributed by atoms with E-state index in [1.807, 2.05) is 0 Å². The van der Waals surface area contributed by atoms with Crippen molar-refractivity contribution in [3.8, 4) is 0 Å². The van der Waals surface area contributed by atoms with Crippen LogP contribution in [0.3, 0.4) is 0 Å². The van der Waals surface area contributed by atoms with Crippen molar-refractivity contribution in [3.05, 3.63) is 11.8 Å². The smallest absolute Gasteiger partial charge is 0.341 e. The fraction of sp³-hybridized carbons (Fsp3) is 0.444. The zero-order valence-electron chi connectivity index (χ0n) is 8.32. The van der Waals surface area contributed by atoms with Gasteiger partial charge in [-0.2, -0.15) is 0 Å². The summed E-state index contributed by atoms with van der Waals surface area (Å²) in [6.45, 7) is 3.42. The Bertz CT molecular complexity index is 269. The standard InChI is InChI=1S/C9H14N2O3/c1-3-14-9(13)8(4-10)6-11-5-7(2)12/h4,6H,3,5,10H2,1-2H3. The highest BCUT2D eigenvalue weighted by Crippen LogP contribution is 1.92. The number of carbonyl (C=O) groups is 2. The van der Waals surface area contributed by atoms with Crippen molar-refractivity contribution in [1.29, 1.82) is 0 Å². The van der Waals surface area contributed by atoms with Crippen LogP contribution in [0.15, 0.2) is 16.8 Å². The van der Waals surface area contributed by atoms with E-state index in [2.05, 4.69) is 9.73 Å². The van der Waals surface area contributed by atoms with Gasteiger partial charge < -0.3 is 10.5 Å². The second kappa shape index (κ2) is 6.82. The topological polar surface area (TPSA) is 81.8 Å². The fourth-order valence-corrected chi connectivity index (χ4v) is 0.651. The Morgan fingerprint density at radius 2 is 2.14 bits per heavy atom. The van der Waals surface area contributed by atoms with E-state index in [-0.39, 0.29) is 24.5 Å². The average Bonchev–Trinajstić information content (AvgIpc) is 2.12. The molecule has 0 saturated heterocycles. The van der Waals surface area contributed by atoms with Crippen LogP contribution in [0.1, 0.15) is 13.8 Å². The monoisotopic (exact) mass is 198 g/mol. The molecule has 0 saturated carbocycles. The summed E-state index contributed by atoms with van der Waals surface area (Å²) in [4.78, 5) is 25.4. The number of hydrogen-bond acceptors (Lipinski definition) is 5. The van der Waals surface area contributed by atoms with Crippen molar-refractivity contribution in [2.75, 3.05) is 13.2 Å². The highest BCUT2D eigenvalue weighted by atomic mass is 16.5. The molecule has 0 heterocycles. The Labute approximate surface area is 82.6 Å². The number of nitrogens with zero attached hydrogens (tertiary/aromatic N) is 1. The Balaban J connectivity index is 4.23. The maximum Gasteiger partial charge on any atom is 0.341 e. The molecule has 0 aromatic carbocycles. The average molecular weight is 198 g/mol. The lowest BCUT2D eigenvalue weighted by molar-refractivity contribution is -0.137. The number of rotatable bonds is 5. The lowest BCUT2D eigenvalue weighted by atomic mass is 10.3. The Hall–Kier alpha value is -1.65. The molecule has 0 fully saturated rings. The van der Waals surface area contributed by atoms with Gasteiger partial charge in [-0.1, -0.05) is 0 Å². The van der Waals surface area contributed by atoms with Crippen molar-refractivity contribution in [3.63, 3.8) is 0 Å². The van der Waals surface area contributed by atoms with Gasteiger partial charge >= 0.3 is 5.97 Å². The third-order valence-electron chi connectivity index (χ3n) is 1.24. The van der Waals surface area contributed by atoms with Gasteiger partial charge in [0, 0.05) is 12.4 Å². The molecular formula is C9H14N2O3. The first-order chi connectivity index (χ1) is 6.61. The molecule has 0 atom stereocenters. The second-order valence-corrected chi connectivity index (χ2v) is 2.51. The van der Waals surface area contributed by atoms with Crippen LogP contribution in [-0.4, -0.2) is 31.1 Å². The number of nitrogens with two attached hydrogens (primary N) is 1. The molecule has 0 amide bonds. The van der Waals surface area contributed by atoms with Gasteiger partial charge in [0.15, 0.2) is 5.78 Å². The molecule has 2 N–H and O–H groups in total. The van der Waals surface area contributed by atoms with Crippen LogP contribution in [0, 0.1) is 0 Å². The van der Waals surface area contributed by atoms with Crippen LogP contribution < -0.4 is 5.73 Å². The van der Waals surface area contributed by atoms with Gasteiger partial charge in [0.1, 0.15) is 0 Å². The third kappa shape index (κ3) is 5.08. The van der Waals surface area contributed by atoms with E-state index in [0.717, 1.165) is 6.20 Å². The number of aliphatic imine (C=N–C) groups is 1. The Kier molecular flexibility index (Phi) is 6.02. The van der Waals surface area contributed by atoms with Crippen LogP contribution in [0.2, 0.25) is 0 Å². The second-order valence-electron chi connectivity index (χ2n) is 2.51. The minimum Gasteiger partial charge on any atom is -0.462 e. The summed E-state index contributed by atoms with van der Waals surface area (Å²) >= 11 is 0. The van der Waals surface area contributed by atoms with E-state index in [4.69, 9.17) is 5.73 Å². The van der Waals surface area contributed by atoms with Crippen LogP contribution in [0.5, 0.6) is 0 Å². The highest BCUT2D eigenvalue weighted by molar-refractivity contribution is 6.09. The summed E-state index contributed by atoms with van der Waals surface area (Å²) < 4.78 is 4.69. The molecule has 0 aromatic heterocycles. The summed E-state index contributed by atoms with van der Waals surface area (Å²) in [5, 5.41) is 0. The predicted octanol–water partition coefficient (Wildman–Crippen LogP) is 0.0519. The van der Waals surface area contributed by atoms with Gasteiger partial charge in [-0.05, 0) is 13.8 Å². The fourth-order valence-electron chi connectivity index (χ4n) is 0.651. The normalized spacial score (nSPS) is 11.7. The Morgan fingerprint density at radius 3 is 2.57 bits per heavy atom.